The lowest BCUT2D eigenvalue weighted by molar-refractivity contribution is -0.392. The van der Waals surface area contributed by atoms with Crippen LogP contribution in [0.3, 0.4) is 0 Å². The van der Waals surface area contributed by atoms with Crippen molar-refractivity contribution in [3.8, 4) is 0 Å². The van der Waals surface area contributed by atoms with Crippen molar-refractivity contribution < 1.29 is 9.85 Å². The molecule has 0 N–H and O–H groups in total. The van der Waals surface area contributed by atoms with Crippen molar-refractivity contribution in [3.63, 3.8) is 0 Å². The Morgan fingerprint density at radius 3 is 2.00 bits per heavy atom. The first kappa shape index (κ1) is 11.7. The van der Waals surface area contributed by atoms with E-state index >= 15 is 0 Å². The van der Waals surface area contributed by atoms with Gasteiger partial charge >= 0.3 is 0 Å². The molecule has 0 aliphatic carbocycles. The lowest BCUT2D eigenvalue weighted by atomic mass is 10.2. The topological polar surface area (TPSA) is 135 Å². The lowest BCUT2D eigenvalue weighted by Gasteiger charge is -1.99. The highest BCUT2D eigenvalue weighted by Gasteiger charge is 2.25. The molecular formula is C6H2ClN5O4. The molecule has 82 valence electrons. The zero-order chi connectivity index (χ0) is 12.3. The van der Waals surface area contributed by atoms with Crippen LogP contribution < -0.4 is 0 Å². The maximum Gasteiger partial charge on any atom is 0.287 e. The molecule has 0 saturated heterocycles. The quantitative estimate of drug-likeness (QED) is 0.265. The first-order valence-corrected chi connectivity index (χ1v) is 4.02. The Hall–Kier alpha value is -2.38. The summed E-state index contributed by atoms with van der Waals surface area (Å²) in [4.78, 5) is 21.6. The van der Waals surface area contributed by atoms with Gasteiger partial charge in [-0.05, 0) is 10.6 Å². The van der Waals surface area contributed by atoms with Crippen molar-refractivity contribution >= 4 is 28.7 Å². The monoisotopic (exact) mass is 243 g/mol. The number of halogens is 1. The summed E-state index contributed by atoms with van der Waals surface area (Å²) in [6, 6.07) is 1.75. The van der Waals surface area contributed by atoms with Crippen molar-refractivity contribution in [2.24, 2.45) is 5.11 Å². The molecule has 0 unspecified atom stereocenters. The zero-order valence-electron chi connectivity index (χ0n) is 7.40. The molecule has 0 amide bonds. The fourth-order valence-corrected chi connectivity index (χ4v) is 1.20. The molecular weight excluding hydrogens is 242 g/mol. The van der Waals surface area contributed by atoms with Gasteiger partial charge in [-0.1, -0.05) is 11.6 Å². The van der Waals surface area contributed by atoms with E-state index in [0.29, 0.717) is 0 Å². The van der Waals surface area contributed by atoms with Crippen LogP contribution in [0.2, 0.25) is 5.02 Å². The molecule has 0 saturated carbocycles. The highest BCUT2D eigenvalue weighted by molar-refractivity contribution is 6.31. The van der Waals surface area contributed by atoms with Crippen molar-refractivity contribution in [2.75, 3.05) is 0 Å². The summed E-state index contributed by atoms with van der Waals surface area (Å²) in [6.07, 6.45) is 0. The van der Waals surface area contributed by atoms with Gasteiger partial charge in [-0.15, -0.1) is 0 Å². The fraction of sp³-hybridized carbons (Fsp3) is 0. The lowest BCUT2D eigenvalue weighted by Crippen LogP contribution is -1.94. The number of nitro groups is 2. The van der Waals surface area contributed by atoms with E-state index in [4.69, 9.17) is 17.1 Å². The molecule has 1 rings (SSSR count). The highest BCUT2D eigenvalue weighted by atomic mass is 35.5. The van der Waals surface area contributed by atoms with Crippen molar-refractivity contribution in [1.82, 2.24) is 0 Å². The van der Waals surface area contributed by atoms with E-state index in [0.717, 1.165) is 12.1 Å². The zero-order valence-corrected chi connectivity index (χ0v) is 8.16. The molecule has 0 spiro atoms. The third kappa shape index (κ3) is 2.16. The number of nitrogens with zero attached hydrogens (tertiary/aromatic N) is 5. The summed E-state index contributed by atoms with van der Waals surface area (Å²) in [6.45, 7) is 0. The van der Waals surface area contributed by atoms with Gasteiger partial charge in [-0.25, -0.2) is 0 Å². The summed E-state index contributed by atoms with van der Waals surface area (Å²) in [5, 5.41) is 23.9. The molecule has 1 aromatic carbocycles. The molecule has 0 fully saturated rings. The molecule has 0 radical (unpaired) electrons. The van der Waals surface area contributed by atoms with Gasteiger partial charge in [0.05, 0.1) is 14.9 Å². The maximum absolute atomic E-state index is 10.6. The van der Waals surface area contributed by atoms with Crippen LogP contribution in [0.25, 0.3) is 10.4 Å². The number of azide groups is 1. The van der Waals surface area contributed by atoms with Crippen molar-refractivity contribution in [1.29, 1.82) is 0 Å². The van der Waals surface area contributed by atoms with E-state index in [2.05, 4.69) is 10.0 Å². The Labute approximate surface area is 92.2 Å². The molecule has 16 heavy (non-hydrogen) atoms. The normalized spacial score (nSPS) is 9.31. The van der Waals surface area contributed by atoms with E-state index < -0.39 is 26.9 Å². The predicted molar refractivity (Wildman–Crippen MR) is 53.6 cm³/mol. The first-order chi connectivity index (χ1) is 7.47. The smallest absolute Gasteiger partial charge is 0.258 e. The molecule has 0 bridgehead atoms. The minimum absolute atomic E-state index is 0.185. The van der Waals surface area contributed by atoms with Gasteiger partial charge in [0.25, 0.3) is 11.4 Å². The highest BCUT2D eigenvalue weighted by Crippen LogP contribution is 2.39. The fourth-order valence-electron chi connectivity index (χ4n) is 0.996. The molecule has 0 heterocycles. The van der Waals surface area contributed by atoms with Gasteiger partial charge in [-0.2, -0.15) is 0 Å². The van der Waals surface area contributed by atoms with Crippen molar-refractivity contribution in [3.05, 3.63) is 47.8 Å². The molecule has 0 aromatic heterocycles. The minimum Gasteiger partial charge on any atom is -0.258 e. The maximum atomic E-state index is 10.6. The summed E-state index contributed by atoms with van der Waals surface area (Å²) >= 11 is 5.47. The van der Waals surface area contributed by atoms with Gasteiger partial charge in [0, 0.05) is 17.0 Å². The molecule has 10 heteroatoms. The Bertz CT molecular complexity index is 489. The Kier molecular flexibility index (Phi) is 3.24. The third-order valence-corrected chi connectivity index (χ3v) is 1.79. The van der Waals surface area contributed by atoms with Gasteiger partial charge in [0.1, 0.15) is 0 Å². The largest absolute Gasteiger partial charge is 0.287 e. The second-order valence-corrected chi connectivity index (χ2v) is 2.93. The summed E-state index contributed by atoms with van der Waals surface area (Å²) < 4.78 is 0. The van der Waals surface area contributed by atoms with Crippen LogP contribution in [0.15, 0.2) is 17.2 Å². The van der Waals surface area contributed by atoms with Gasteiger partial charge in [0.15, 0.2) is 5.69 Å². The van der Waals surface area contributed by atoms with Crippen molar-refractivity contribution in [2.45, 2.75) is 0 Å². The SMILES string of the molecule is [N-]=[N+]=Nc1c([N+](=O)[O-])cc(Cl)cc1[N+](=O)[O-]. The third-order valence-electron chi connectivity index (χ3n) is 1.57. The van der Waals surface area contributed by atoms with Crippen LogP contribution >= 0.6 is 11.6 Å². The van der Waals surface area contributed by atoms with E-state index in [1.54, 1.807) is 0 Å². The Morgan fingerprint density at radius 1 is 1.25 bits per heavy atom. The number of nitro benzene ring substituents is 2. The second kappa shape index (κ2) is 4.43. The van der Waals surface area contributed by atoms with Gasteiger partial charge < -0.3 is 0 Å². The predicted octanol–water partition coefficient (Wildman–Crippen LogP) is 3.10. The summed E-state index contributed by atoms with van der Waals surface area (Å²) in [5.41, 5.74) is 6.09. The number of hydrogen-bond acceptors (Lipinski definition) is 5. The average Bonchev–Trinajstić information content (AvgIpc) is 2.19. The summed E-state index contributed by atoms with van der Waals surface area (Å²) in [5.74, 6) is 0. The van der Waals surface area contributed by atoms with Gasteiger partial charge in [-0.3, -0.25) is 20.2 Å². The van der Waals surface area contributed by atoms with E-state index in [1.165, 1.54) is 0 Å². The van der Waals surface area contributed by atoms with Crippen LogP contribution in [-0.4, -0.2) is 9.85 Å². The van der Waals surface area contributed by atoms with Crippen LogP contribution in [0.5, 0.6) is 0 Å². The second-order valence-electron chi connectivity index (χ2n) is 2.50. The molecule has 9 nitrogen and oxygen atoms in total. The van der Waals surface area contributed by atoms with Crippen LogP contribution in [-0.2, 0) is 0 Å². The standard InChI is InChI=1S/C6H2ClN5O4/c7-3-1-4(11(13)14)6(9-10-8)5(2-3)12(15)16/h1-2H. The van der Waals surface area contributed by atoms with Crippen LogP contribution in [0, 0.1) is 20.2 Å². The first-order valence-electron chi connectivity index (χ1n) is 3.64. The van der Waals surface area contributed by atoms with E-state index in [-0.39, 0.29) is 5.02 Å². The van der Waals surface area contributed by atoms with Crippen LogP contribution in [0.4, 0.5) is 17.1 Å². The molecule has 1 aromatic rings. The molecule has 0 atom stereocenters. The summed E-state index contributed by atoms with van der Waals surface area (Å²) in [7, 11) is 0. The molecule has 0 aliphatic heterocycles. The average molecular weight is 244 g/mol. The Balaban J connectivity index is 3.66. The molecule has 0 aliphatic rings. The van der Waals surface area contributed by atoms with Gasteiger partial charge in [0.2, 0.25) is 0 Å². The van der Waals surface area contributed by atoms with E-state index in [9.17, 15) is 20.2 Å². The number of rotatable bonds is 3. The number of benzene rings is 1. The number of hydrogen-bond donors (Lipinski definition) is 0. The minimum atomic E-state index is -0.914. The van der Waals surface area contributed by atoms with E-state index in [1.807, 2.05) is 0 Å². The van der Waals surface area contributed by atoms with Crippen LogP contribution in [0.1, 0.15) is 0 Å². The Morgan fingerprint density at radius 2 is 1.69 bits per heavy atom.